The van der Waals surface area contributed by atoms with Crippen LogP contribution in [-0.2, 0) is 0 Å². The number of hydrogen-bond donors (Lipinski definition) is 1. The lowest BCUT2D eigenvalue weighted by Crippen LogP contribution is -2.42. The lowest BCUT2D eigenvalue weighted by molar-refractivity contribution is 0.460. The Morgan fingerprint density at radius 2 is 2.00 bits per heavy atom. The highest BCUT2D eigenvalue weighted by Crippen LogP contribution is 2.08. The highest BCUT2D eigenvalue weighted by molar-refractivity contribution is 8.13. The van der Waals surface area contributed by atoms with Crippen molar-refractivity contribution in [2.24, 2.45) is 10.2 Å². The van der Waals surface area contributed by atoms with Crippen molar-refractivity contribution < 1.29 is 0 Å². The minimum Gasteiger partial charge on any atom is -0.273 e. The minimum absolute atomic E-state index is 0.824. The van der Waals surface area contributed by atoms with Crippen LogP contribution in [0.2, 0.25) is 0 Å². The molecular formula is C5H10N4S2. The standard InChI is InChI=1S/C5H10N4S2/c1-9-5(11-3)7-6-4(8-9)10-2/h1-3H3,(H,6,8). The van der Waals surface area contributed by atoms with Gasteiger partial charge in [0.25, 0.3) is 0 Å². The number of rotatable bonds is 0. The summed E-state index contributed by atoms with van der Waals surface area (Å²) in [5.74, 6) is 0. The maximum Gasteiger partial charge on any atom is 0.203 e. The minimum atomic E-state index is 0.824. The number of hydrogen-bond acceptors (Lipinski definition) is 6. The zero-order valence-corrected chi connectivity index (χ0v) is 8.29. The molecule has 1 rings (SSSR count). The van der Waals surface area contributed by atoms with E-state index in [0.717, 1.165) is 10.3 Å². The SMILES string of the molecule is CSC1=NN=C(SC)N(C)N1. The number of thioether (sulfide) groups is 2. The summed E-state index contributed by atoms with van der Waals surface area (Å²) in [5.41, 5.74) is 3.06. The smallest absolute Gasteiger partial charge is 0.203 e. The van der Waals surface area contributed by atoms with Gasteiger partial charge in [-0.2, -0.15) is 0 Å². The van der Waals surface area contributed by atoms with Gasteiger partial charge < -0.3 is 0 Å². The molecule has 0 atom stereocenters. The molecular weight excluding hydrogens is 180 g/mol. The highest BCUT2D eigenvalue weighted by Gasteiger charge is 2.11. The second-order valence-electron chi connectivity index (χ2n) is 1.87. The van der Waals surface area contributed by atoms with Crippen molar-refractivity contribution in [3.8, 4) is 0 Å². The molecule has 1 N–H and O–H groups in total. The van der Waals surface area contributed by atoms with Crippen molar-refractivity contribution >= 4 is 33.9 Å². The maximum absolute atomic E-state index is 3.99. The Hall–Kier alpha value is -0.360. The van der Waals surface area contributed by atoms with Crippen LogP contribution in [0.4, 0.5) is 0 Å². The van der Waals surface area contributed by atoms with Crippen molar-refractivity contribution in [3.05, 3.63) is 0 Å². The van der Waals surface area contributed by atoms with Crippen molar-refractivity contribution in [2.75, 3.05) is 19.6 Å². The summed E-state index contributed by atoms with van der Waals surface area (Å²) < 4.78 is 0. The van der Waals surface area contributed by atoms with Crippen LogP contribution >= 0.6 is 23.5 Å². The Balaban J connectivity index is 2.69. The number of amidine groups is 2. The molecule has 0 radical (unpaired) electrons. The quantitative estimate of drug-likeness (QED) is 0.613. The predicted molar refractivity (Wildman–Crippen MR) is 52.8 cm³/mol. The van der Waals surface area contributed by atoms with Gasteiger partial charge in [0.1, 0.15) is 0 Å². The molecule has 0 fully saturated rings. The molecule has 0 aromatic carbocycles. The fourth-order valence-corrected chi connectivity index (χ4v) is 1.43. The van der Waals surface area contributed by atoms with E-state index in [2.05, 4.69) is 15.6 Å². The van der Waals surface area contributed by atoms with E-state index in [-0.39, 0.29) is 0 Å². The highest BCUT2D eigenvalue weighted by atomic mass is 32.2. The molecule has 1 aliphatic heterocycles. The van der Waals surface area contributed by atoms with E-state index >= 15 is 0 Å². The molecule has 0 bridgehead atoms. The van der Waals surface area contributed by atoms with Crippen molar-refractivity contribution in [2.45, 2.75) is 0 Å². The third-order valence-corrected chi connectivity index (χ3v) is 2.43. The molecule has 0 saturated carbocycles. The van der Waals surface area contributed by atoms with Crippen molar-refractivity contribution in [1.82, 2.24) is 10.4 Å². The van der Waals surface area contributed by atoms with Gasteiger partial charge in [-0.1, -0.05) is 23.5 Å². The van der Waals surface area contributed by atoms with Gasteiger partial charge in [-0.3, -0.25) is 10.4 Å². The fourth-order valence-electron chi connectivity index (χ4n) is 0.633. The van der Waals surface area contributed by atoms with Gasteiger partial charge in [-0.15, -0.1) is 10.2 Å². The fraction of sp³-hybridized carbons (Fsp3) is 0.600. The van der Waals surface area contributed by atoms with E-state index < -0.39 is 0 Å². The molecule has 1 aliphatic rings. The predicted octanol–water partition coefficient (Wildman–Crippen LogP) is 0.789. The third-order valence-electron chi connectivity index (χ3n) is 1.15. The number of hydrazine groups is 1. The van der Waals surface area contributed by atoms with Crippen LogP contribution in [0.5, 0.6) is 0 Å². The first kappa shape index (κ1) is 8.73. The van der Waals surface area contributed by atoms with Crippen LogP contribution < -0.4 is 5.43 Å². The summed E-state index contributed by atoms with van der Waals surface area (Å²) in [7, 11) is 1.92. The Kier molecular flexibility index (Phi) is 3.07. The first-order valence-electron chi connectivity index (χ1n) is 3.02. The Bertz CT molecular complexity index is 201. The topological polar surface area (TPSA) is 40.0 Å². The molecule has 1 heterocycles. The number of nitrogens with one attached hydrogen (secondary N) is 1. The van der Waals surface area contributed by atoms with Gasteiger partial charge in [0.15, 0.2) is 0 Å². The molecule has 4 nitrogen and oxygen atoms in total. The molecule has 0 aliphatic carbocycles. The van der Waals surface area contributed by atoms with Crippen LogP contribution in [0.25, 0.3) is 0 Å². The molecule has 0 unspecified atom stereocenters. The van der Waals surface area contributed by atoms with Gasteiger partial charge in [-0.25, -0.2) is 0 Å². The van der Waals surface area contributed by atoms with E-state index in [4.69, 9.17) is 0 Å². The molecule has 0 spiro atoms. The van der Waals surface area contributed by atoms with Crippen LogP contribution in [-0.4, -0.2) is 34.9 Å². The Labute approximate surface area is 74.5 Å². The lowest BCUT2D eigenvalue weighted by Gasteiger charge is -2.23. The van der Waals surface area contributed by atoms with Crippen LogP contribution in [0.15, 0.2) is 10.2 Å². The van der Waals surface area contributed by atoms with Crippen molar-refractivity contribution in [1.29, 1.82) is 0 Å². The second-order valence-corrected chi connectivity index (χ2v) is 3.44. The molecule has 62 valence electrons. The average Bonchev–Trinajstić information content (AvgIpc) is 2.04. The summed E-state index contributed by atoms with van der Waals surface area (Å²) in [6.07, 6.45) is 3.93. The summed E-state index contributed by atoms with van der Waals surface area (Å²) >= 11 is 3.11. The largest absolute Gasteiger partial charge is 0.273 e. The van der Waals surface area contributed by atoms with Crippen LogP contribution in [0.1, 0.15) is 0 Å². The molecule has 0 saturated heterocycles. The van der Waals surface area contributed by atoms with Crippen LogP contribution in [0.3, 0.4) is 0 Å². The van der Waals surface area contributed by atoms with Crippen LogP contribution in [0, 0.1) is 0 Å². The monoisotopic (exact) mass is 190 g/mol. The van der Waals surface area contributed by atoms with Gasteiger partial charge >= 0.3 is 0 Å². The molecule has 11 heavy (non-hydrogen) atoms. The molecule has 6 heteroatoms. The Morgan fingerprint density at radius 3 is 2.45 bits per heavy atom. The average molecular weight is 190 g/mol. The lowest BCUT2D eigenvalue weighted by atomic mass is 11.0. The molecule has 0 aromatic rings. The van der Waals surface area contributed by atoms with E-state index in [1.807, 2.05) is 24.6 Å². The van der Waals surface area contributed by atoms with Gasteiger partial charge in [0.2, 0.25) is 10.3 Å². The van der Waals surface area contributed by atoms with Crippen molar-refractivity contribution in [3.63, 3.8) is 0 Å². The van der Waals surface area contributed by atoms with Gasteiger partial charge in [0, 0.05) is 7.05 Å². The van der Waals surface area contributed by atoms with E-state index in [1.165, 1.54) is 0 Å². The second kappa shape index (κ2) is 3.87. The summed E-state index contributed by atoms with van der Waals surface area (Å²) in [5, 5.41) is 11.5. The van der Waals surface area contributed by atoms with E-state index in [0.29, 0.717) is 0 Å². The molecule has 0 aromatic heterocycles. The maximum atomic E-state index is 3.99. The normalized spacial score (nSPS) is 17.2. The van der Waals surface area contributed by atoms with Gasteiger partial charge in [-0.05, 0) is 12.5 Å². The third kappa shape index (κ3) is 2.03. The summed E-state index contributed by atoms with van der Waals surface area (Å²) in [6, 6.07) is 0. The molecule has 0 amide bonds. The summed E-state index contributed by atoms with van der Waals surface area (Å²) in [4.78, 5) is 0. The summed E-state index contributed by atoms with van der Waals surface area (Å²) in [6.45, 7) is 0. The Morgan fingerprint density at radius 1 is 1.27 bits per heavy atom. The zero-order valence-electron chi connectivity index (χ0n) is 6.66. The van der Waals surface area contributed by atoms with Gasteiger partial charge in [0.05, 0.1) is 0 Å². The first-order valence-corrected chi connectivity index (χ1v) is 5.47. The van der Waals surface area contributed by atoms with E-state index in [1.54, 1.807) is 23.5 Å². The first-order chi connectivity index (χ1) is 5.27. The van der Waals surface area contributed by atoms with E-state index in [9.17, 15) is 0 Å². The number of nitrogens with zero attached hydrogens (tertiary/aromatic N) is 3. The zero-order chi connectivity index (χ0) is 8.27.